The van der Waals surface area contributed by atoms with Crippen LogP contribution in [0.15, 0.2) is 41.8 Å². The molecule has 0 bridgehead atoms. The van der Waals surface area contributed by atoms with E-state index in [1.807, 2.05) is 18.2 Å². The average Bonchev–Trinajstić information content (AvgIpc) is 2.75. The number of nitrogens with two attached hydrogens (primary N) is 1. The fraction of sp³-hybridized carbons (Fsp3) is 0.154. The minimum absolute atomic E-state index is 0.243. The molecule has 2 rings (SSSR count). The highest BCUT2D eigenvalue weighted by Gasteiger charge is 2.07. The quantitative estimate of drug-likeness (QED) is 0.863. The fourth-order valence-corrected chi connectivity index (χ4v) is 2.55. The van der Waals surface area contributed by atoms with E-state index < -0.39 is 0 Å². The summed E-state index contributed by atoms with van der Waals surface area (Å²) in [5, 5.41) is 2.05. The summed E-state index contributed by atoms with van der Waals surface area (Å²) in [5.74, 6) is -0.243. The molecule has 0 saturated heterocycles. The van der Waals surface area contributed by atoms with Crippen LogP contribution in [0, 0.1) is 0 Å². The number of hydrogen-bond acceptors (Lipinski definition) is 2. The summed E-state index contributed by atoms with van der Waals surface area (Å²) in [6.45, 7) is 0. The van der Waals surface area contributed by atoms with Crippen LogP contribution >= 0.6 is 11.3 Å². The molecule has 2 N–H and O–H groups in total. The summed E-state index contributed by atoms with van der Waals surface area (Å²) in [7, 11) is 0. The van der Waals surface area contributed by atoms with Gasteiger partial charge in [-0.1, -0.05) is 30.3 Å². The minimum Gasteiger partial charge on any atom is -0.370 e. The van der Waals surface area contributed by atoms with Crippen LogP contribution in [-0.4, -0.2) is 5.91 Å². The summed E-state index contributed by atoms with van der Waals surface area (Å²) in [5.41, 5.74) is 7.58. The molecule has 16 heavy (non-hydrogen) atoms. The molecule has 0 fully saturated rings. The van der Waals surface area contributed by atoms with Gasteiger partial charge in [-0.15, -0.1) is 11.3 Å². The maximum absolute atomic E-state index is 10.8. The lowest BCUT2D eigenvalue weighted by molar-refractivity contribution is -0.117. The van der Waals surface area contributed by atoms with Crippen molar-refractivity contribution >= 4 is 17.2 Å². The van der Waals surface area contributed by atoms with Gasteiger partial charge in [-0.05, 0) is 29.0 Å². The SMILES string of the molecule is NC(=O)CCc1sccc1-c1ccccc1. The molecular formula is C13H13NOS. The van der Waals surface area contributed by atoms with Crippen LogP contribution in [0.4, 0.5) is 0 Å². The molecule has 2 aromatic rings. The Hall–Kier alpha value is -1.61. The third kappa shape index (κ3) is 2.49. The van der Waals surface area contributed by atoms with Gasteiger partial charge in [-0.2, -0.15) is 0 Å². The monoisotopic (exact) mass is 231 g/mol. The van der Waals surface area contributed by atoms with E-state index in [1.54, 1.807) is 11.3 Å². The van der Waals surface area contributed by atoms with Gasteiger partial charge in [0.05, 0.1) is 0 Å². The molecule has 0 aliphatic carbocycles. The second-order valence-corrected chi connectivity index (χ2v) is 4.59. The van der Waals surface area contributed by atoms with Crippen LogP contribution in [0.25, 0.3) is 11.1 Å². The van der Waals surface area contributed by atoms with Crippen molar-refractivity contribution in [2.45, 2.75) is 12.8 Å². The Kier molecular flexibility index (Phi) is 3.37. The normalized spacial score (nSPS) is 10.2. The highest BCUT2D eigenvalue weighted by molar-refractivity contribution is 7.10. The van der Waals surface area contributed by atoms with E-state index in [0.717, 1.165) is 6.42 Å². The molecule has 0 spiro atoms. The predicted molar refractivity (Wildman–Crippen MR) is 67.3 cm³/mol. The van der Waals surface area contributed by atoms with Crippen LogP contribution in [0.2, 0.25) is 0 Å². The maximum Gasteiger partial charge on any atom is 0.217 e. The molecule has 0 unspecified atom stereocenters. The highest BCUT2D eigenvalue weighted by atomic mass is 32.1. The second-order valence-electron chi connectivity index (χ2n) is 3.59. The number of amides is 1. The molecule has 0 atom stereocenters. The lowest BCUT2D eigenvalue weighted by atomic mass is 10.0. The minimum atomic E-state index is -0.243. The molecule has 0 aliphatic rings. The number of thiophene rings is 1. The molecule has 1 heterocycles. The first-order valence-corrected chi connectivity index (χ1v) is 6.05. The van der Waals surface area contributed by atoms with Gasteiger partial charge in [-0.3, -0.25) is 4.79 Å². The van der Waals surface area contributed by atoms with Crippen molar-refractivity contribution in [1.82, 2.24) is 0 Å². The molecule has 3 heteroatoms. The van der Waals surface area contributed by atoms with Crippen LogP contribution in [0.1, 0.15) is 11.3 Å². The molecule has 82 valence electrons. The highest BCUT2D eigenvalue weighted by Crippen LogP contribution is 2.28. The smallest absolute Gasteiger partial charge is 0.217 e. The number of benzene rings is 1. The number of primary amides is 1. The lowest BCUT2D eigenvalue weighted by Crippen LogP contribution is -2.10. The first kappa shape index (κ1) is 10.9. The first-order chi connectivity index (χ1) is 7.77. The molecule has 1 aromatic heterocycles. The van der Waals surface area contributed by atoms with Crippen molar-refractivity contribution in [2.75, 3.05) is 0 Å². The Morgan fingerprint density at radius 1 is 1.19 bits per heavy atom. The summed E-state index contributed by atoms with van der Waals surface area (Å²) in [4.78, 5) is 12.0. The number of rotatable bonds is 4. The van der Waals surface area contributed by atoms with Crippen LogP contribution in [-0.2, 0) is 11.2 Å². The Morgan fingerprint density at radius 3 is 2.62 bits per heavy atom. The van der Waals surface area contributed by atoms with Crippen molar-refractivity contribution in [3.8, 4) is 11.1 Å². The molecular weight excluding hydrogens is 218 g/mol. The van der Waals surface area contributed by atoms with Gasteiger partial charge in [0.2, 0.25) is 5.91 Å². The summed E-state index contributed by atoms with van der Waals surface area (Å²) < 4.78 is 0. The van der Waals surface area contributed by atoms with Gasteiger partial charge < -0.3 is 5.73 Å². The Morgan fingerprint density at radius 2 is 1.94 bits per heavy atom. The molecule has 0 saturated carbocycles. The van der Waals surface area contributed by atoms with Crippen molar-refractivity contribution in [3.63, 3.8) is 0 Å². The fourth-order valence-electron chi connectivity index (χ4n) is 1.65. The zero-order valence-electron chi connectivity index (χ0n) is 8.85. The van der Waals surface area contributed by atoms with Gasteiger partial charge in [0.15, 0.2) is 0 Å². The topological polar surface area (TPSA) is 43.1 Å². The third-order valence-electron chi connectivity index (χ3n) is 2.43. The van der Waals surface area contributed by atoms with Gasteiger partial charge in [0, 0.05) is 11.3 Å². The van der Waals surface area contributed by atoms with Gasteiger partial charge in [0.1, 0.15) is 0 Å². The van der Waals surface area contributed by atoms with Crippen molar-refractivity contribution < 1.29 is 4.79 Å². The number of carbonyl (C=O) groups is 1. The van der Waals surface area contributed by atoms with E-state index in [4.69, 9.17) is 5.73 Å². The number of hydrogen-bond donors (Lipinski definition) is 1. The lowest BCUT2D eigenvalue weighted by Gasteiger charge is -2.02. The summed E-state index contributed by atoms with van der Waals surface area (Å²) in [6, 6.07) is 12.3. The van der Waals surface area contributed by atoms with E-state index in [-0.39, 0.29) is 5.91 Å². The van der Waals surface area contributed by atoms with Crippen molar-refractivity contribution in [1.29, 1.82) is 0 Å². The zero-order chi connectivity index (χ0) is 11.4. The van der Waals surface area contributed by atoms with E-state index in [0.29, 0.717) is 6.42 Å². The van der Waals surface area contributed by atoms with Gasteiger partial charge in [-0.25, -0.2) is 0 Å². The number of aryl methyl sites for hydroxylation is 1. The van der Waals surface area contributed by atoms with E-state index in [2.05, 4.69) is 23.6 Å². The average molecular weight is 231 g/mol. The van der Waals surface area contributed by atoms with Crippen molar-refractivity contribution in [2.24, 2.45) is 5.73 Å². The largest absolute Gasteiger partial charge is 0.370 e. The molecule has 1 aromatic carbocycles. The summed E-state index contributed by atoms with van der Waals surface area (Å²) in [6.07, 6.45) is 1.15. The molecule has 0 aliphatic heterocycles. The van der Waals surface area contributed by atoms with Crippen LogP contribution in [0.5, 0.6) is 0 Å². The van der Waals surface area contributed by atoms with Gasteiger partial charge >= 0.3 is 0 Å². The Labute approximate surface area is 98.7 Å². The van der Waals surface area contributed by atoms with E-state index in [1.165, 1.54) is 16.0 Å². The number of carbonyl (C=O) groups excluding carboxylic acids is 1. The third-order valence-corrected chi connectivity index (χ3v) is 3.41. The van der Waals surface area contributed by atoms with E-state index >= 15 is 0 Å². The molecule has 2 nitrogen and oxygen atoms in total. The molecule has 0 radical (unpaired) electrons. The maximum atomic E-state index is 10.8. The van der Waals surface area contributed by atoms with Gasteiger partial charge in [0.25, 0.3) is 0 Å². The Bertz CT molecular complexity index is 476. The van der Waals surface area contributed by atoms with Crippen LogP contribution in [0.3, 0.4) is 0 Å². The van der Waals surface area contributed by atoms with Crippen molar-refractivity contribution in [3.05, 3.63) is 46.7 Å². The second kappa shape index (κ2) is 4.94. The summed E-state index contributed by atoms with van der Waals surface area (Å²) >= 11 is 1.68. The first-order valence-electron chi connectivity index (χ1n) is 5.17. The van der Waals surface area contributed by atoms with Crippen LogP contribution < -0.4 is 5.73 Å². The van der Waals surface area contributed by atoms with E-state index in [9.17, 15) is 4.79 Å². The molecule has 1 amide bonds. The zero-order valence-corrected chi connectivity index (χ0v) is 9.67. The Balaban J connectivity index is 2.23. The standard InChI is InChI=1S/C13H13NOS/c14-13(15)7-6-12-11(8-9-16-12)10-4-2-1-3-5-10/h1-5,8-9H,6-7H2,(H2,14,15). The predicted octanol–water partition coefficient (Wildman–Crippen LogP) is 2.83.